The molecule has 0 aliphatic heterocycles. The molecule has 140 valence electrons. The van der Waals surface area contributed by atoms with Gasteiger partial charge in [0.05, 0.1) is 24.7 Å². The van der Waals surface area contributed by atoms with Crippen LogP contribution in [-0.4, -0.2) is 35.3 Å². The molecular formula is C18H19FN6O2. The van der Waals surface area contributed by atoms with E-state index in [1.54, 1.807) is 49.7 Å². The molecule has 9 heteroatoms. The van der Waals surface area contributed by atoms with Crippen molar-refractivity contribution in [1.29, 1.82) is 0 Å². The van der Waals surface area contributed by atoms with Crippen LogP contribution in [0.2, 0.25) is 0 Å². The summed E-state index contributed by atoms with van der Waals surface area (Å²) in [5.41, 5.74) is 7.55. The minimum Gasteiger partial charge on any atom is -0.475 e. The lowest BCUT2D eigenvalue weighted by molar-refractivity contribution is 0.144. The molecular weight excluding hydrogens is 351 g/mol. The van der Waals surface area contributed by atoms with Crippen LogP contribution in [-0.2, 0) is 4.74 Å². The molecule has 0 unspecified atom stereocenters. The zero-order valence-electron chi connectivity index (χ0n) is 14.6. The molecule has 2 aromatic heterocycles. The van der Waals surface area contributed by atoms with E-state index in [-0.39, 0.29) is 11.8 Å². The van der Waals surface area contributed by atoms with Gasteiger partial charge in [-0.25, -0.2) is 14.4 Å². The number of nitrogens with one attached hydrogen (secondary N) is 2. The molecule has 0 aliphatic rings. The summed E-state index contributed by atoms with van der Waals surface area (Å²) in [5.74, 6) is 0.146. The summed E-state index contributed by atoms with van der Waals surface area (Å²) in [6.07, 6.45) is 2.65. The van der Waals surface area contributed by atoms with Crippen LogP contribution in [0, 0.1) is 5.82 Å². The van der Waals surface area contributed by atoms with Crippen molar-refractivity contribution in [2.45, 2.75) is 0 Å². The summed E-state index contributed by atoms with van der Waals surface area (Å²) < 4.78 is 24.3. The molecule has 0 fully saturated rings. The van der Waals surface area contributed by atoms with Gasteiger partial charge in [-0.3, -0.25) is 0 Å². The molecule has 3 rings (SSSR count). The molecule has 3 aromatic rings. The second kappa shape index (κ2) is 8.77. The maximum Gasteiger partial charge on any atom is 0.229 e. The van der Waals surface area contributed by atoms with E-state index in [1.807, 2.05) is 0 Å². The first-order chi connectivity index (χ1) is 13.1. The monoisotopic (exact) mass is 370 g/mol. The topological polar surface area (TPSA) is 107 Å². The second-order valence-corrected chi connectivity index (χ2v) is 5.49. The summed E-state index contributed by atoms with van der Waals surface area (Å²) in [6.45, 7) is 0.893. The summed E-state index contributed by atoms with van der Waals surface area (Å²) in [4.78, 5) is 12.3. The lowest BCUT2D eigenvalue weighted by atomic mass is 10.3. The van der Waals surface area contributed by atoms with Gasteiger partial charge in [-0.2, -0.15) is 4.98 Å². The molecule has 8 nitrogen and oxygen atoms in total. The summed E-state index contributed by atoms with van der Waals surface area (Å²) in [7, 11) is 1.60. The van der Waals surface area contributed by atoms with E-state index in [1.165, 1.54) is 0 Å². The second-order valence-electron chi connectivity index (χ2n) is 5.49. The zero-order valence-corrected chi connectivity index (χ0v) is 14.6. The van der Waals surface area contributed by atoms with Crippen molar-refractivity contribution in [1.82, 2.24) is 15.0 Å². The number of nitrogens with zero attached hydrogens (tertiary/aromatic N) is 3. The average Bonchev–Trinajstić information content (AvgIpc) is 2.66. The third kappa shape index (κ3) is 5.25. The van der Waals surface area contributed by atoms with Crippen LogP contribution < -0.4 is 21.1 Å². The molecule has 0 saturated carbocycles. The van der Waals surface area contributed by atoms with Crippen molar-refractivity contribution in [3.63, 3.8) is 0 Å². The highest BCUT2D eigenvalue weighted by atomic mass is 19.1. The van der Waals surface area contributed by atoms with Crippen LogP contribution in [0.25, 0.3) is 0 Å². The molecule has 0 radical (unpaired) electrons. The highest BCUT2D eigenvalue weighted by Crippen LogP contribution is 2.22. The van der Waals surface area contributed by atoms with E-state index in [0.29, 0.717) is 36.2 Å². The Kier molecular flexibility index (Phi) is 5.95. The number of halogens is 1. The van der Waals surface area contributed by atoms with E-state index < -0.39 is 5.82 Å². The third-order valence-electron chi connectivity index (χ3n) is 3.42. The van der Waals surface area contributed by atoms with Gasteiger partial charge in [-0.05, 0) is 24.3 Å². The summed E-state index contributed by atoms with van der Waals surface area (Å²) in [5, 5.41) is 5.85. The summed E-state index contributed by atoms with van der Waals surface area (Å²) in [6, 6.07) is 10.4. The number of pyridine rings is 1. The first-order valence-corrected chi connectivity index (χ1v) is 8.14. The number of anilines is 5. The molecule has 2 heterocycles. The minimum absolute atomic E-state index is 0.0329. The van der Waals surface area contributed by atoms with Crippen molar-refractivity contribution in [2.24, 2.45) is 0 Å². The summed E-state index contributed by atoms with van der Waals surface area (Å²) >= 11 is 0. The number of hydrogen-bond donors (Lipinski definition) is 3. The largest absolute Gasteiger partial charge is 0.475 e. The standard InChI is InChI=1S/C18H19FN6O2/c1-26-7-8-27-16-6-5-14(10-21-16)24-18-22-11-15(19)17(25-18)23-13-4-2-3-12(20)9-13/h2-6,9-11H,7-8,20H2,1H3,(H2,22,23,24,25). The number of methoxy groups -OCH3 is 1. The fourth-order valence-electron chi connectivity index (χ4n) is 2.17. The maximum atomic E-state index is 14.0. The average molecular weight is 370 g/mol. The van der Waals surface area contributed by atoms with Gasteiger partial charge < -0.3 is 25.8 Å². The van der Waals surface area contributed by atoms with Crippen LogP contribution in [0.5, 0.6) is 5.88 Å². The SMILES string of the molecule is COCCOc1ccc(Nc2ncc(F)c(Nc3cccc(N)c3)n2)cn1. The van der Waals surface area contributed by atoms with Crippen LogP contribution in [0.3, 0.4) is 0 Å². The van der Waals surface area contributed by atoms with Gasteiger partial charge in [0.15, 0.2) is 11.6 Å². The number of nitrogen functional groups attached to an aromatic ring is 1. The molecule has 0 saturated heterocycles. The molecule has 4 N–H and O–H groups in total. The number of ether oxygens (including phenoxy) is 2. The molecule has 27 heavy (non-hydrogen) atoms. The first kappa shape index (κ1) is 18.3. The van der Waals surface area contributed by atoms with Gasteiger partial charge in [0.25, 0.3) is 0 Å². The Hall–Kier alpha value is -3.46. The van der Waals surface area contributed by atoms with Crippen LogP contribution >= 0.6 is 0 Å². The normalized spacial score (nSPS) is 10.4. The third-order valence-corrected chi connectivity index (χ3v) is 3.42. The number of benzene rings is 1. The predicted octanol–water partition coefficient (Wildman–Crippen LogP) is 3.11. The fourth-order valence-corrected chi connectivity index (χ4v) is 2.17. The molecule has 0 spiro atoms. The van der Waals surface area contributed by atoms with Gasteiger partial charge in [-0.1, -0.05) is 6.07 Å². The number of nitrogens with two attached hydrogens (primary N) is 1. The Morgan fingerprint density at radius 2 is 1.93 bits per heavy atom. The van der Waals surface area contributed by atoms with Crippen LogP contribution in [0.4, 0.5) is 33.2 Å². The number of hydrogen-bond acceptors (Lipinski definition) is 8. The van der Waals surface area contributed by atoms with Gasteiger partial charge in [0, 0.05) is 24.6 Å². The maximum absolute atomic E-state index is 14.0. The molecule has 0 amide bonds. The number of aromatic nitrogens is 3. The smallest absolute Gasteiger partial charge is 0.229 e. The van der Waals surface area contributed by atoms with Gasteiger partial charge in [-0.15, -0.1) is 0 Å². The van der Waals surface area contributed by atoms with Gasteiger partial charge in [0.2, 0.25) is 11.8 Å². The van der Waals surface area contributed by atoms with Crippen molar-refractivity contribution in [2.75, 3.05) is 36.7 Å². The quantitative estimate of drug-likeness (QED) is 0.410. The highest BCUT2D eigenvalue weighted by Gasteiger charge is 2.08. The van der Waals surface area contributed by atoms with Crippen molar-refractivity contribution < 1.29 is 13.9 Å². The molecule has 0 bridgehead atoms. The predicted molar refractivity (Wildman–Crippen MR) is 101 cm³/mol. The van der Waals surface area contributed by atoms with Crippen LogP contribution in [0.1, 0.15) is 0 Å². The molecule has 0 atom stereocenters. The van der Waals surface area contributed by atoms with Crippen molar-refractivity contribution >= 4 is 28.8 Å². The first-order valence-electron chi connectivity index (χ1n) is 8.14. The minimum atomic E-state index is -0.581. The Morgan fingerprint density at radius 3 is 2.67 bits per heavy atom. The lowest BCUT2D eigenvalue weighted by Gasteiger charge is -2.10. The van der Waals surface area contributed by atoms with E-state index >= 15 is 0 Å². The Labute approximate surface area is 155 Å². The lowest BCUT2D eigenvalue weighted by Crippen LogP contribution is -2.06. The van der Waals surface area contributed by atoms with Gasteiger partial charge in [0.1, 0.15) is 6.61 Å². The number of rotatable bonds is 8. The van der Waals surface area contributed by atoms with E-state index in [2.05, 4.69) is 25.6 Å². The molecule has 1 aromatic carbocycles. The van der Waals surface area contributed by atoms with Crippen LogP contribution in [0.15, 0.2) is 48.8 Å². The van der Waals surface area contributed by atoms with Crippen molar-refractivity contribution in [3.05, 3.63) is 54.6 Å². The van der Waals surface area contributed by atoms with Crippen molar-refractivity contribution in [3.8, 4) is 5.88 Å². The van der Waals surface area contributed by atoms with E-state index in [0.717, 1.165) is 6.20 Å². The van der Waals surface area contributed by atoms with Gasteiger partial charge >= 0.3 is 0 Å². The Balaban J connectivity index is 1.68. The fraction of sp³-hybridized carbons (Fsp3) is 0.167. The highest BCUT2D eigenvalue weighted by molar-refractivity contribution is 5.63. The zero-order chi connectivity index (χ0) is 19.1. The van der Waals surface area contributed by atoms with E-state index in [4.69, 9.17) is 15.2 Å². The Bertz CT molecular complexity index is 891. The van der Waals surface area contributed by atoms with E-state index in [9.17, 15) is 4.39 Å². The molecule has 0 aliphatic carbocycles. The Morgan fingerprint density at radius 1 is 1.04 bits per heavy atom.